The molecule has 0 aliphatic carbocycles. The number of benzene rings is 1. The molecule has 96 valence electrons. The molecule has 0 unspecified atom stereocenters. The van der Waals surface area contributed by atoms with Gasteiger partial charge >= 0.3 is 0 Å². The summed E-state index contributed by atoms with van der Waals surface area (Å²) in [6.07, 6.45) is 2.44. The second-order valence-electron chi connectivity index (χ2n) is 3.95. The van der Waals surface area contributed by atoms with Crippen LogP contribution < -0.4 is 4.74 Å². The van der Waals surface area contributed by atoms with E-state index in [9.17, 15) is 0 Å². The predicted molar refractivity (Wildman–Crippen MR) is 71.0 cm³/mol. The van der Waals surface area contributed by atoms with E-state index in [1.807, 2.05) is 30.3 Å². The van der Waals surface area contributed by atoms with Gasteiger partial charge in [-0.05, 0) is 36.2 Å². The van der Waals surface area contributed by atoms with Crippen molar-refractivity contribution in [1.82, 2.24) is 4.98 Å². The Morgan fingerprint density at radius 3 is 2.68 bits per heavy atom. The largest absolute Gasteiger partial charge is 0.454 e. The average molecular weight is 254 g/mol. The summed E-state index contributed by atoms with van der Waals surface area (Å²) in [6.45, 7) is 0.696. The molecule has 0 amide bonds. The van der Waals surface area contributed by atoms with Crippen molar-refractivity contribution in [3.05, 3.63) is 53.9 Å². The van der Waals surface area contributed by atoms with Crippen LogP contribution >= 0.6 is 0 Å². The fourth-order valence-corrected chi connectivity index (χ4v) is 1.63. The van der Waals surface area contributed by atoms with Crippen LogP contribution in [0.4, 0.5) is 0 Å². The van der Waals surface area contributed by atoms with Gasteiger partial charge in [-0.25, -0.2) is 4.98 Å². The van der Waals surface area contributed by atoms with Crippen molar-refractivity contribution in [1.29, 1.82) is 5.26 Å². The first-order valence-electron chi connectivity index (χ1n) is 5.94. The smallest absolute Gasteiger partial charge is 0.183 e. The van der Waals surface area contributed by atoms with Gasteiger partial charge in [0.25, 0.3) is 0 Å². The van der Waals surface area contributed by atoms with Crippen LogP contribution in [0.3, 0.4) is 0 Å². The van der Waals surface area contributed by atoms with Crippen LogP contribution in [0, 0.1) is 11.3 Å². The van der Waals surface area contributed by atoms with Crippen LogP contribution in [0.5, 0.6) is 11.5 Å². The van der Waals surface area contributed by atoms with E-state index in [1.54, 1.807) is 25.4 Å². The van der Waals surface area contributed by atoms with Crippen molar-refractivity contribution >= 4 is 0 Å². The molecular formula is C15H14N2O2. The minimum absolute atomic E-state index is 0.283. The highest BCUT2D eigenvalue weighted by molar-refractivity contribution is 5.40. The molecule has 0 atom stereocenters. The van der Waals surface area contributed by atoms with Crippen LogP contribution in [-0.2, 0) is 11.2 Å². The van der Waals surface area contributed by atoms with Gasteiger partial charge in [0.15, 0.2) is 11.4 Å². The molecule has 4 heteroatoms. The lowest BCUT2D eigenvalue weighted by Crippen LogP contribution is -1.94. The van der Waals surface area contributed by atoms with Crippen molar-refractivity contribution < 1.29 is 9.47 Å². The molecule has 1 heterocycles. The van der Waals surface area contributed by atoms with Crippen molar-refractivity contribution in [2.45, 2.75) is 6.42 Å². The van der Waals surface area contributed by atoms with Crippen LogP contribution in [0.15, 0.2) is 42.6 Å². The van der Waals surface area contributed by atoms with E-state index in [-0.39, 0.29) is 5.69 Å². The Hall–Kier alpha value is -2.38. The maximum absolute atomic E-state index is 8.93. The minimum Gasteiger partial charge on any atom is -0.454 e. The molecule has 1 aromatic heterocycles. The molecule has 0 saturated heterocycles. The molecule has 2 aromatic rings. The van der Waals surface area contributed by atoms with Gasteiger partial charge in [-0.1, -0.05) is 12.1 Å². The zero-order valence-electron chi connectivity index (χ0n) is 10.7. The Balaban J connectivity index is 2.09. The van der Waals surface area contributed by atoms with E-state index in [0.717, 1.165) is 6.42 Å². The molecule has 0 N–H and O–H groups in total. The lowest BCUT2D eigenvalue weighted by atomic mass is 10.1. The summed E-state index contributed by atoms with van der Waals surface area (Å²) >= 11 is 0. The molecule has 2 rings (SSSR count). The molecule has 1 aromatic carbocycles. The SMILES string of the molecule is COCCc1ccc(Oc2cccnc2C#N)cc1. The molecule has 4 nitrogen and oxygen atoms in total. The first-order chi connectivity index (χ1) is 9.33. The van der Waals surface area contributed by atoms with Gasteiger partial charge in [0.05, 0.1) is 6.61 Å². The third-order valence-corrected chi connectivity index (χ3v) is 2.62. The summed E-state index contributed by atoms with van der Waals surface area (Å²) in [5.74, 6) is 1.15. The Bertz CT molecular complexity index is 573. The van der Waals surface area contributed by atoms with Crippen molar-refractivity contribution in [3.8, 4) is 17.6 Å². The molecule has 0 fully saturated rings. The summed E-state index contributed by atoms with van der Waals surface area (Å²) in [7, 11) is 1.68. The zero-order valence-corrected chi connectivity index (χ0v) is 10.7. The van der Waals surface area contributed by atoms with E-state index in [1.165, 1.54) is 5.56 Å². The summed E-state index contributed by atoms with van der Waals surface area (Å²) in [6, 6.07) is 13.2. The monoisotopic (exact) mass is 254 g/mol. The molecule has 0 aliphatic rings. The van der Waals surface area contributed by atoms with Crippen LogP contribution in [-0.4, -0.2) is 18.7 Å². The standard InChI is InChI=1S/C15H14N2O2/c1-18-10-8-12-4-6-13(7-5-12)19-15-3-2-9-17-14(15)11-16/h2-7,9H,8,10H2,1H3. The number of hydrogen-bond donors (Lipinski definition) is 0. The molecule has 19 heavy (non-hydrogen) atoms. The summed E-state index contributed by atoms with van der Waals surface area (Å²) in [5, 5.41) is 8.93. The fourth-order valence-electron chi connectivity index (χ4n) is 1.63. The van der Waals surface area contributed by atoms with Crippen molar-refractivity contribution in [2.24, 2.45) is 0 Å². The highest BCUT2D eigenvalue weighted by Gasteiger charge is 2.04. The predicted octanol–water partition coefficient (Wildman–Crippen LogP) is 2.93. The number of aromatic nitrogens is 1. The van der Waals surface area contributed by atoms with Gasteiger partial charge in [-0.2, -0.15) is 5.26 Å². The molecule has 0 aliphatic heterocycles. The topological polar surface area (TPSA) is 55.1 Å². The molecular weight excluding hydrogens is 240 g/mol. The minimum atomic E-state index is 0.283. The maximum Gasteiger partial charge on any atom is 0.183 e. The van der Waals surface area contributed by atoms with Crippen LogP contribution in [0.2, 0.25) is 0 Å². The van der Waals surface area contributed by atoms with Gasteiger partial charge in [0.1, 0.15) is 11.8 Å². The lowest BCUT2D eigenvalue weighted by molar-refractivity contribution is 0.202. The highest BCUT2D eigenvalue weighted by atomic mass is 16.5. The number of nitriles is 1. The Kier molecular flexibility index (Phi) is 4.49. The van der Waals surface area contributed by atoms with Gasteiger partial charge in [0.2, 0.25) is 0 Å². The number of hydrogen-bond acceptors (Lipinski definition) is 4. The van der Waals surface area contributed by atoms with Gasteiger partial charge in [-0.15, -0.1) is 0 Å². The van der Waals surface area contributed by atoms with Crippen LogP contribution in [0.1, 0.15) is 11.3 Å². The Morgan fingerprint density at radius 2 is 2.00 bits per heavy atom. The molecule has 0 spiro atoms. The molecule has 0 bridgehead atoms. The normalized spacial score (nSPS) is 9.89. The quantitative estimate of drug-likeness (QED) is 0.823. The van der Waals surface area contributed by atoms with Crippen molar-refractivity contribution in [2.75, 3.05) is 13.7 Å². The number of methoxy groups -OCH3 is 1. The van der Waals surface area contributed by atoms with Crippen LogP contribution in [0.25, 0.3) is 0 Å². The first kappa shape index (κ1) is 13.1. The lowest BCUT2D eigenvalue weighted by Gasteiger charge is -2.07. The number of rotatable bonds is 5. The number of pyridine rings is 1. The summed E-state index contributed by atoms with van der Waals surface area (Å²) in [4.78, 5) is 3.95. The number of ether oxygens (including phenoxy) is 2. The first-order valence-corrected chi connectivity index (χ1v) is 5.94. The van der Waals surface area contributed by atoms with Gasteiger partial charge in [-0.3, -0.25) is 0 Å². The summed E-state index contributed by atoms with van der Waals surface area (Å²) in [5.41, 5.74) is 1.46. The molecule has 0 saturated carbocycles. The van der Waals surface area contributed by atoms with E-state index in [4.69, 9.17) is 14.7 Å². The van der Waals surface area contributed by atoms with E-state index >= 15 is 0 Å². The van der Waals surface area contributed by atoms with E-state index in [2.05, 4.69) is 4.98 Å². The summed E-state index contributed by atoms with van der Waals surface area (Å²) < 4.78 is 10.7. The van der Waals surface area contributed by atoms with E-state index in [0.29, 0.717) is 18.1 Å². The second-order valence-corrected chi connectivity index (χ2v) is 3.95. The fraction of sp³-hybridized carbons (Fsp3) is 0.200. The Labute approximate surface area is 112 Å². The number of nitrogens with zero attached hydrogens (tertiary/aromatic N) is 2. The zero-order chi connectivity index (χ0) is 13.5. The maximum atomic E-state index is 8.93. The van der Waals surface area contributed by atoms with Crippen molar-refractivity contribution in [3.63, 3.8) is 0 Å². The van der Waals surface area contributed by atoms with Gasteiger partial charge in [0, 0.05) is 13.3 Å². The average Bonchev–Trinajstić information content (AvgIpc) is 2.47. The molecule has 0 radical (unpaired) electrons. The Morgan fingerprint density at radius 1 is 1.21 bits per heavy atom. The second kappa shape index (κ2) is 6.53. The third-order valence-electron chi connectivity index (χ3n) is 2.62. The highest BCUT2D eigenvalue weighted by Crippen LogP contribution is 2.23. The van der Waals surface area contributed by atoms with E-state index < -0.39 is 0 Å². The third kappa shape index (κ3) is 3.54. The van der Waals surface area contributed by atoms with Gasteiger partial charge < -0.3 is 9.47 Å².